The highest BCUT2D eigenvalue weighted by Crippen LogP contribution is 2.11. The van der Waals surface area contributed by atoms with Gasteiger partial charge in [-0.2, -0.15) is 0 Å². The zero-order valence-corrected chi connectivity index (χ0v) is 9.89. The van der Waals surface area contributed by atoms with Gasteiger partial charge in [0, 0.05) is 5.56 Å². The molecule has 0 aliphatic heterocycles. The van der Waals surface area contributed by atoms with E-state index < -0.39 is 0 Å². The lowest BCUT2D eigenvalue weighted by atomic mass is 10.2. The zero-order valence-electron chi connectivity index (χ0n) is 9.08. The number of nitrogens with zero attached hydrogens (tertiary/aromatic N) is 1. The molecule has 0 bridgehead atoms. The molecule has 2 aromatic rings. The minimum Gasteiger partial charge on any atom is -0.290 e. The number of hydrogen-bond donors (Lipinski definition) is 2. The Bertz CT molecular complexity index is 471. The number of para-hydroxylation sites is 1. The Morgan fingerprint density at radius 1 is 0.882 bits per heavy atom. The standard InChI is InChI=1S/C13H12N2O.ClH/c16-15-13(11-7-3-1-4-8-11)14-12-9-5-2-6-10-12;/h1-10,16H,(H,14,15);1H. The molecular weight excluding hydrogens is 236 g/mol. The van der Waals surface area contributed by atoms with Gasteiger partial charge in [-0.05, 0) is 12.1 Å². The monoisotopic (exact) mass is 248 g/mol. The van der Waals surface area contributed by atoms with E-state index in [1.54, 1.807) is 0 Å². The molecule has 3 nitrogen and oxygen atoms in total. The van der Waals surface area contributed by atoms with Crippen molar-refractivity contribution in [2.75, 3.05) is 0 Å². The van der Waals surface area contributed by atoms with Crippen molar-refractivity contribution in [2.45, 2.75) is 0 Å². The summed E-state index contributed by atoms with van der Waals surface area (Å²) >= 11 is 0. The topological polar surface area (TPSA) is 44.6 Å². The van der Waals surface area contributed by atoms with Gasteiger partial charge in [-0.3, -0.25) is 10.7 Å². The second-order valence-electron chi connectivity index (χ2n) is 3.27. The number of hydrogen-bond acceptors (Lipinski definition) is 2. The molecule has 0 heterocycles. The average molecular weight is 249 g/mol. The summed E-state index contributed by atoms with van der Waals surface area (Å²) in [6.45, 7) is 0. The molecule has 0 spiro atoms. The van der Waals surface area contributed by atoms with Crippen LogP contribution in [0.15, 0.2) is 65.7 Å². The Morgan fingerprint density at radius 2 is 1.41 bits per heavy atom. The van der Waals surface area contributed by atoms with Gasteiger partial charge in [-0.1, -0.05) is 48.5 Å². The van der Waals surface area contributed by atoms with Gasteiger partial charge in [-0.15, -0.1) is 12.4 Å². The maximum Gasteiger partial charge on any atom is 0.157 e. The first-order chi connectivity index (χ1) is 7.90. The van der Waals surface area contributed by atoms with Crippen LogP contribution in [0.2, 0.25) is 0 Å². The van der Waals surface area contributed by atoms with Gasteiger partial charge in [-0.25, -0.2) is 4.99 Å². The first kappa shape index (κ1) is 13.2. The van der Waals surface area contributed by atoms with Gasteiger partial charge < -0.3 is 0 Å². The van der Waals surface area contributed by atoms with E-state index in [1.807, 2.05) is 60.7 Å². The van der Waals surface area contributed by atoms with Crippen molar-refractivity contribution in [3.05, 3.63) is 66.2 Å². The number of rotatable bonds is 2. The fraction of sp³-hybridized carbons (Fsp3) is 0. The summed E-state index contributed by atoms with van der Waals surface area (Å²) in [5.41, 5.74) is 3.75. The molecule has 0 aromatic heterocycles. The predicted octanol–water partition coefficient (Wildman–Crippen LogP) is 3.17. The lowest BCUT2D eigenvalue weighted by Crippen LogP contribution is -2.19. The Morgan fingerprint density at radius 3 is 1.94 bits per heavy atom. The summed E-state index contributed by atoms with van der Waals surface area (Å²) < 4.78 is 0. The fourth-order valence-corrected chi connectivity index (χ4v) is 1.38. The van der Waals surface area contributed by atoms with Crippen LogP contribution in [0.25, 0.3) is 0 Å². The van der Waals surface area contributed by atoms with Crippen molar-refractivity contribution >= 4 is 23.9 Å². The molecule has 0 saturated carbocycles. The van der Waals surface area contributed by atoms with Crippen LogP contribution in [-0.4, -0.2) is 11.0 Å². The Labute approximate surface area is 106 Å². The van der Waals surface area contributed by atoms with Crippen molar-refractivity contribution in [1.82, 2.24) is 5.48 Å². The molecule has 4 heteroatoms. The van der Waals surface area contributed by atoms with Crippen LogP contribution in [0.4, 0.5) is 5.69 Å². The van der Waals surface area contributed by atoms with Crippen LogP contribution in [0.1, 0.15) is 5.56 Å². The average Bonchev–Trinajstić information content (AvgIpc) is 2.38. The fourth-order valence-electron chi connectivity index (χ4n) is 1.38. The van der Waals surface area contributed by atoms with E-state index in [0.29, 0.717) is 5.84 Å². The van der Waals surface area contributed by atoms with Crippen molar-refractivity contribution in [3.63, 3.8) is 0 Å². The van der Waals surface area contributed by atoms with Gasteiger partial charge in [0.25, 0.3) is 0 Å². The van der Waals surface area contributed by atoms with Crippen molar-refractivity contribution in [2.24, 2.45) is 4.99 Å². The summed E-state index contributed by atoms with van der Waals surface area (Å²) in [5, 5.41) is 9.06. The first-order valence-electron chi connectivity index (χ1n) is 4.99. The third-order valence-corrected chi connectivity index (χ3v) is 2.15. The molecule has 88 valence electrons. The minimum atomic E-state index is 0. The number of aliphatic imine (C=N–C) groups is 1. The molecule has 0 aliphatic rings. The summed E-state index contributed by atoms with van der Waals surface area (Å²) in [6.07, 6.45) is 0. The van der Waals surface area contributed by atoms with E-state index in [4.69, 9.17) is 5.21 Å². The first-order valence-corrected chi connectivity index (χ1v) is 4.99. The van der Waals surface area contributed by atoms with Gasteiger partial charge in [0.2, 0.25) is 0 Å². The molecule has 0 amide bonds. The van der Waals surface area contributed by atoms with E-state index in [2.05, 4.69) is 10.5 Å². The number of amidine groups is 1. The number of nitrogens with one attached hydrogen (secondary N) is 1. The molecule has 0 fully saturated rings. The SMILES string of the molecule is Cl.ONC(=Nc1ccccc1)c1ccccc1. The Kier molecular flexibility index (Phi) is 5.20. The smallest absolute Gasteiger partial charge is 0.157 e. The van der Waals surface area contributed by atoms with Gasteiger partial charge in [0.1, 0.15) is 0 Å². The Hall–Kier alpha value is -1.84. The number of hydroxylamine groups is 1. The number of benzene rings is 2. The second kappa shape index (κ2) is 6.68. The maximum absolute atomic E-state index is 9.06. The third kappa shape index (κ3) is 3.59. The van der Waals surface area contributed by atoms with E-state index in [9.17, 15) is 0 Å². The van der Waals surface area contributed by atoms with E-state index >= 15 is 0 Å². The van der Waals surface area contributed by atoms with E-state index in [-0.39, 0.29) is 12.4 Å². The van der Waals surface area contributed by atoms with E-state index in [0.717, 1.165) is 11.3 Å². The molecule has 0 aliphatic carbocycles. The predicted molar refractivity (Wildman–Crippen MR) is 71.3 cm³/mol. The molecule has 2 rings (SSSR count). The molecule has 0 atom stereocenters. The lowest BCUT2D eigenvalue weighted by molar-refractivity contribution is 0.235. The highest BCUT2D eigenvalue weighted by atomic mass is 35.5. The maximum atomic E-state index is 9.06. The molecule has 2 N–H and O–H groups in total. The molecule has 2 aromatic carbocycles. The highest BCUT2D eigenvalue weighted by molar-refractivity contribution is 5.99. The van der Waals surface area contributed by atoms with Gasteiger partial charge >= 0.3 is 0 Å². The Balaban J connectivity index is 0.00000144. The van der Waals surface area contributed by atoms with Gasteiger partial charge in [0.05, 0.1) is 5.69 Å². The minimum absolute atomic E-state index is 0. The third-order valence-electron chi connectivity index (χ3n) is 2.15. The van der Waals surface area contributed by atoms with Crippen LogP contribution < -0.4 is 5.48 Å². The molecule has 0 saturated heterocycles. The largest absolute Gasteiger partial charge is 0.290 e. The van der Waals surface area contributed by atoms with Crippen molar-refractivity contribution in [1.29, 1.82) is 0 Å². The van der Waals surface area contributed by atoms with Crippen molar-refractivity contribution in [3.8, 4) is 0 Å². The van der Waals surface area contributed by atoms with E-state index in [1.165, 1.54) is 0 Å². The van der Waals surface area contributed by atoms with Crippen LogP contribution in [0, 0.1) is 0 Å². The van der Waals surface area contributed by atoms with Gasteiger partial charge in [0.15, 0.2) is 5.84 Å². The molecular formula is C13H13ClN2O. The molecule has 0 unspecified atom stereocenters. The lowest BCUT2D eigenvalue weighted by Gasteiger charge is -2.04. The van der Waals surface area contributed by atoms with Crippen LogP contribution in [0.3, 0.4) is 0 Å². The van der Waals surface area contributed by atoms with Crippen LogP contribution in [-0.2, 0) is 0 Å². The molecule has 0 radical (unpaired) electrons. The second-order valence-corrected chi connectivity index (χ2v) is 3.27. The molecule has 17 heavy (non-hydrogen) atoms. The van der Waals surface area contributed by atoms with Crippen LogP contribution >= 0.6 is 12.4 Å². The van der Waals surface area contributed by atoms with Crippen LogP contribution in [0.5, 0.6) is 0 Å². The highest BCUT2D eigenvalue weighted by Gasteiger charge is 2.00. The normalized spacial score (nSPS) is 10.5. The quantitative estimate of drug-likeness (QED) is 0.487. The summed E-state index contributed by atoms with van der Waals surface area (Å²) in [7, 11) is 0. The number of halogens is 1. The summed E-state index contributed by atoms with van der Waals surface area (Å²) in [4.78, 5) is 4.30. The van der Waals surface area contributed by atoms with Crippen molar-refractivity contribution < 1.29 is 5.21 Å². The zero-order chi connectivity index (χ0) is 11.2. The summed E-state index contributed by atoms with van der Waals surface area (Å²) in [5.74, 6) is 0.437. The summed E-state index contributed by atoms with van der Waals surface area (Å²) in [6, 6.07) is 18.9.